The van der Waals surface area contributed by atoms with Crippen LogP contribution in [0.2, 0.25) is 0 Å². The van der Waals surface area contributed by atoms with Crippen molar-refractivity contribution in [3.63, 3.8) is 0 Å². The van der Waals surface area contributed by atoms with Crippen LogP contribution in [0.5, 0.6) is 0 Å². The summed E-state index contributed by atoms with van der Waals surface area (Å²) in [5.41, 5.74) is 5.22. The molecule has 0 aliphatic heterocycles. The van der Waals surface area contributed by atoms with Crippen LogP contribution in [0.3, 0.4) is 0 Å². The SMILES string of the molecule is CO[SiH2]CNCCN. The van der Waals surface area contributed by atoms with Crippen LogP contribution in [-0.2, 0) is 4.43 Å². The van der Waals surface area contributed by atoms with Gasteiger partial charge in [-0.1, -0.05) is 0 Å². The average Bonchev–Trinajstić information content (AvgIpc) is 1.81. The van der Waals surface area contributed by atoms with Crippen molar-refractivity contribution in [1.82, 2.24) is 5.32 Å². The molecule has 0 saturated carbocycles. The Morgan fingerprint density at radius 2 is 2.50 bits per heavy atom. The van der Waals surface area contributed by atoms with E-state index in [9.17, 15) is 0 Å². The van der Waals surface area contributed by atoms with E-state index >= 15 is 0 Å². The standard InChI is InChI=1S/C4H14N2OSi/c1-7-8-4-6-3-2-5/h6H,2-5,8H2,1H3. The summed E-state index contributed by atoms with van der Waals surface area (Å²) < 4.78 is 4.92. The molecule has 0 aliphatic rings. The molecule has 0 radical (unpaired) electrons. The molecule has 0 aromatic carbocycles. The quantitative estimate of drug-likeness (QED) is 0.345. The highest BCUT2D eigenvalue weighted by Gasteiger charge is 1.82. The summed E-state index contributed by atoms with van der Waals surface area (Å²) in [5.74, 6) is 0. The first-order valence-electron chi connectivity index (χ1n) is 2.81. The molecule has 0 aromatic heterocycles. The van der Waals surface area contributed by atoms with Crippen LogP contribution in [0.4, 0.5) is 0 Å². The fraction of sp³-hybridized carbons (Fsp3) is 1.00. The van der Waals surface area contributed by atoms with Crippen molar-refractivity contribution < 1.29 is 4.43 Å². The topological polar surface area (TPSA) is 47.3 Å². The lowest BCUT2D eigenvalue weighted by Gasteiger charge is -1.98. The summed E-state index contributed by atoms with van der Waals surface area (Å²) in [6, 6.07) is 0. The van der Waals surface area contributed by atoms with Crippen molar-refractivity contribution in [3.05, 3.63) is 0 Å². The lowest BCUT2D eigenvalue weighted by Crippen LogP contribution is -2.27. The average molecular weight is 134 g/mol. The van der Waals surface area contributed by atoms with Gasteiger partial charge in [-0.15, -0.1) is 0 Å². The molecule has 0 aromatic rings. The van der Waals surface area contributed by atoms with E-state index in [0.717, 1.165) is 19.3 Å². The van der Waals surface area contributed by atoms with Gasteiger partial charge in [0.15, 0.2) is 9.76 Å². The zero-order chi connectivity index (χ0) is 6.24. The Hall–Kier alpha value is 0.0969. The zero-order valence-electron chi connectivity index (χ0n) is 5.31. The smallest absolute Gasteiger partial charge is 0.174 e. The second-order valence-electron chi connectivity index (χ2n) is 1.53. The predicted molar refractivity (Wildman–Crippen MR) is 37.5 cm³/mol. The monoisotopic (exact) mass is 134 g/mol. The van der Waals surface area contributed by atoms with E-state index in [4.69, 9.17) is 10.2 Å². The van der Waals surface area contributed by atoms with Crippen LogP contribution in [0.25, 0.3) is 0 Å². The van der Waals surface area contributed by atoms with Crippen LogP contribution in [0.1, 0.15) is 0 Å². The van der Waals surface area contributed by atoms with Gasteiger partial charge in [0.05, 0.1) is 0 Å². The molecular formula is C4H14N2OSi. The van der Waals surface area contributed by atoms with Crippen molar-refractivity contribution in [1.29, 1.82) is 0 Å². The first kappa shape index (κ1) is 8.10. The number of rotatable bonds is 5. The van der Waals surface area contributed by atoms with Crippen molar-refractivity contribution in [2.75, 3.05) is 26.4 Å². The lowest BCUT2D eigenvalue weighted by atomic mass is 10.7. The molecule has 0 heterocycles. The molecule has 8 heavy (non-hydrogen) atoms. The van der Waals surface area contributed by atoms with E-state index in [0.29, 0.717) is 0 Å². The maximum absolute atomic E-state index is 5.22. The van der Waals surface area contributed by atoms with Crippen molar-refractivity contribution in [3.8, 4) is 0 Å². The highest BCUT2D eigenvalue weighted by atomic mass is 28.2. The van der Waals surface area contributed by atoms with Crippen LogP contribution in [0, 0.1) is 0 Å². The Bertz CT molecular complexity index is 39.0. The van der Waals surface area contributed by atoms with Gasteiger partial charge in [0.2, 0.25) is 0 Å². The van der Waals surface area contributed by atoms with Crippen LogP contribution in [0.15, 0.2) is 0 Å². The lowest BCUT2D eigenvalue weighted by molar-refractivity contribution is 0.437. The number of hydrogen-bond donors (Lipinski definition) is 2. The summed E-state index contributed by atoms with van der Waals surface area (Å²) in [7, 11) is 1.48. The van der Waals surface area contributed by atoms with Crippen LogP contribution in [-0.4, -0.2) is 36.1 Å². The normalized spacial score (nSPS) is 11.2. The number of nitrogens with one attached hydrogen (secondary N) is 1. The predicted octanol–water partition coefficient (Wildman–Crippen LogP) is -1.78. The molecular weight excluding hydrogens is 120 g/mol. The number of nitrogens with two attached hydrogens (primary N) is 1. The third kappa shape index (κ3) is 6.10. The van der Waals surface area contributed by atoms with Gasteiger partial charge in [0.1, 0.15) is 0 Å². The van der Waals surface area contributed by atoms with Gasteiger partial charge < -0.3 is 15.5 Å². The van der Waals surface area contributed by atoms with Crippen molar-refractivity contribution >= 4 is 9.76 Å². The van der Waals surface area contributed by atoms with E-state index in [1.54, 1.807) is 7.11 Å². The van der Waals surface area contributed by atoms with E-state index in [1.165, 1.54) is 0 Å². The number of hydrogen-bond acceptors (Lipinski definition) is 3. The molecule has 0 bridgehead atoms. The second-order valence-corrected chi connectivity index (χ2v) is 3.02. The summed E-state index contributed by atoms with van der Waals surface area (Å²) in [6.07, 6.45) is 1.04. The van der Waals surface area contributed by atoms with Gasteiger partial charge >= 0.3 is 0 Å². The third-order valence-corrected chi connectivity index (χ3v) is 1.77. The van der Waals surface area contributed by atoms with Gasteiger partial charge in [0, 0.05) is 26.4 Å². The van der Waals surface area contributed by atoms with E-state index < -0.39 is 0 Å². The molecule has 0 fully saturated rings. The van der Waals surface area contributed by atoms with Gasteiger partial charge in [-0.05, 0) is 0 Å². The van der Waals surface area contributed by atoms with Crippen molar-refractivity contribution in [2.24, 2.45) is 5.73 Å². The molecule has 50 valence electrons. The zero-order valence-corrected chi connectivity index (χ0v) is 6.73. The molecule has 3 N–H and O–H groups in total. The highest BCUT2D eigenvalue weighted by Crippen LogP contribution is 1.57. The van der Waals surface area contributed by atoms with Gasteiger partial charge in [0.25, 0.3) is 0 Å². The molecule has 0 aliphatic carbocycles. The van der Waals surface area contributed by atoms with Crippen molar-refractivity contribution in [2.45, 2.75) is 0 Å². The summed E-state index contributed by atoms with van der Waals surface area (Å²) in [5, 5.41) is 3.15. The Labute approximate surface area is 52.5 Å². The molecule has 0 rings (SSSR count). The molecule has 0 amide bonds. The molecule has 0 unspecified atom stereocenters. The second kappa shape index (κ2) is 7.10. The largest absolute Gasteiger partial charge is 0.426 e. The van der Waals surface area contributed by atoms with Gasteiger partial charge in [-0.2, -0.15) is 0 Å². The molecule has 0 atom stereocenters. The molecule has 0 spiro atoms. The minimum atomic E-state index is -0.265. The first-order chi connectivity index (χ1) is 3.91. The molecule has 3 nitrogen and oxygen atoms in total. The van der Waals surface area contributed by atoms with E-state index in [-0.39, 0.29) is 9.76 Å². The Kier molecular flexibility index (Phi) is 7.18. The third-order valence-electron chi connectivity index (χ3n) is 0.804. The Balaban J connectivity index is 2.53. The van der Waals surface area contributed by atoms with Gasteiger partial charge in [-0.25, -0.2) is 0 Å². The van der Waals surface area contributed by atoms with E-state index in [1.807, 2.05) is 0 Å². The Morgan fingerprint density at radius 3 is 3.00 bits per heavy atom. The van der Waals surface area contributed by atoms with Gasteiger partial charge in [-0.3, -0.25) is 0 Å². The van der Waals surface area contributed by atoms with E-state index in [2.05, 4.69) is 5.32 Å². The molecule has 4 heteroatoms. The fourth-order valence-electron chi connectivity index (χ4n) is 0.401. The summed E-state index contributed by atoms with van der Waals surface area (Å²) in [4.78, 5) is 0. The minimum Gasteiger partial charge on any atom is -0.426 e. The van der Waals surface area contributed by atoms with Crippen LogP contribution < -0.4 is 11.1 Å². The highest BCUT2D eigenvalue weighted by molar-refractivity contribution is 6.27. The first-order valence-corrected chi connectivity index (χ1v) is 4.39. The fourth-order valence-corrected chi connectivity index (χ4v) is 1.000. The van der Waals surface area contributed by atoms with Crippen LogP contribution >= 0.6 is 0 Å². The minimum absolute atomic E-state index is 0.265. The molecule has 0 saturated heterocycles. The maximum Gasteiger partial charge on any atom is 0.174 e. The maximum atomic E-state index is 5.22. The Morgan fingerprint density at radius 1 is 1.75 bits per heavy atom. The summed E-state index contributed by atoms with van der Waals surface area (Å²) in [6.45, 7) is 1.63. The summed E-state index contributed by atoms with van der Waals surface area (Å²) >= 11 is 0.